The van der Waals surface area contributed by atoms with Crippen LogP contribution in [-0.4, -0.2) is 16.9 Å². The van der Waals surface area contributed by atoms with Gasteiger partial charge in [0.05, 0.1) is 0 Å². The Morgan fingerprint density at radius 2 is 1.23 bits per heavy atom. The molecule has 1 aliphatic rings. The number of phenolic OH excluding ortho intramolecular Hbond substituents is 1. The molecule has 40 heavy (non-hydrogen) atoms. The molecule has 220 valence electrons. The highest BCUT2D eigenvalue weighted by molar-refractivity contribution is 5.82. The molecule has 0 radical (unpaired) electrons. The quantitative estimate of drug-likeness (QED) is 0.308. The Morgan fingerprint density at radius 3 is 1.68 bits per heavy atom. The van der Waals surface area contributed by atoms with Gasteiger partial charge in [0.2, 0.25) is 11.8 Å². The topological polar surface area (TPSA) is 87.7 Å². The molecule has 1 heterocycles. The Balaban J connectivity index is 1.60. The number of aryl methyl sites for hydroxylation is 2. The summed E-state index contributed by atoms with van der Waals surface area (Å²) in [6, 6.07) is 8.30. The molecule has 0 atom stereocenters. The Bertz CT molecular complexity index is 1280. The van der Waals surface area contributed by atoms with E-state index in [-0.39, 0.29) is 46.5 Å². The van der Waals surface area contributed by atoms with Crippen LogP contribution in [0.5, 0.6) is 11.5 Å². The smallest absolute Gasteiger partial charge is 0.238 e. The fourth-order valence-electron chi connectivity index (χ4n) is 5.11. The normalized spacial score (nSPS) is 14.6. The maximum atomic E-state index is 12.6. The zero-order valence-electron chi connectivity index (χ0n) is 26.5. The Hall–Kier alpha value is -3.02. The number of hydrogen-bond donors (Lipinski definition) is 3. The van der Waals surface area contributed by atoms with Crippen molar-refractivity contribution in [2.45, 2.75) is 130 Å². The van der Waals surface area contributed by atoms with E-state index in [1.807, 2.05) is 12.1 Å². The van der Waals surface area contributed by atoms with Crippen molar-refractivity contribution in [2.24, 2.45) is 0 Å². The van der Waals surface area contributed by atoms with Crippen molar-refractivity contribution in [1.82, 2.24) is 10.9 Å². The summed E-state index contributed by atoms with van der Waals surface area (Å²) in [6.45, 7) is 23.2. The second-order valence-corrected chi connectivity index (χ2v) is 14.5. The number of rotatable bonds is 8. The average Bonchev–Trinajstić information content (AvgIpc) is 2.83. The first kappa shape index (κ1) is 31.5. The van der Waals surface area contributed by atoms with Crippen LogP contribution in [0.1, 0.15) is 129 Å². The molecule has 0 aromatic heterocycles. The van der Waals surface area contributed by atoms with Gasteiger partial charge in [-0.1, -0.05) is 80.5 Å². The number of carbonyl (C=O) groups excluding carboxylic acids is 2. The fraction of sp³-hybridized carbons (Fsp3) is 0.588. The SMILES string of the molecule is CCC(C)(C)c1cc(CCC(=O)NNC(=O)CCc2cc(C(C)(C)C)c3c(c2)C(C)(C)O3)cc(C(C)(C)C)c1O. The summed E-state index contributed by atoms with van der Waals surface area (Å²) in [5.74, 6) is 0.838. The molecule has 2 aromatic rings. The number of hydrogen-bond acceptors (Lipinski definition) is 4. The van der Waals surface area contributed by atoms with E-state index < -0.39 is 0 Å². The lowest BCUT2D eigenvalue weighted by Gasteiger charge is -2.42. The molecule has 6 nitrogen and oxygen atoms in total. The zero-order chi connectivity index (χ0) is 30.3. The van der Waals surface area contributed by atoms with Crippen LogP contribution in [0.2, 0.25) is 0 Å². The van der Waals surface area contributed by atoms with Gasteiger partial charge in [-0.3, -0.25) is 20.4 Å². The first-order valence-electron chi connectivity index (χ1n) is 14.6. The Kier molecular flexibility index (Phi) is 8.74. The molecule has 0 saturated carbocycles. The van der Waals surface area contributed by atoms with E-state index in [0.717, 1.165) is 40.0 Å². The zero-order valence-corrected chi connectivity index (χ0v) is 26.5. The summed E-state index contributed by atoms with van der Waals surface area (Å²) >= 11 is 0. The summed E-state index contributed by atoms with van der Waals surface area (Å²) in [4.78, 5) is 25.2. The second kappa shape index (κ2) is 11.1. The van der Waals surface area contributed by atoms with Crippen LogP contribution in [0.4, 0.5) is 0 Å². The molecule has 3 N–H and O–H groups in total. The van der Waals surface area contributed by atoms with Gasteiger partial charge in [-0.2, -0.15) is 0 Å². The summed E-state index contributed by atoms with van der Waals surface area (Å²) in [5, 5.41) is 11.1. The molecule has 0 spiro atoms. The van der Waals surface area contributed by atoms with Crippen molar-refractivity contribution in [2.75, 3.05) is 0 Å². The maximum Gasteiger partial charge on any atom is 0.238 e. The highest BCUT2D eigenvalue weighted by atomic mass is 16.5. The van der Waals surface area contributed by atoms with Gasteiger partial charge in [-0.15, -0.1) is 0 Å². The highest BCUT2D eigenvalue weighted by Gasteiger charge is 2.40. The summed E-state index contributed by atoms with van der Waals surface area (Å²) in [6.07, 6.45) is 2.48. The van der Waals surface area contributed by atoms with Crippen molar-refractivity contribution in [3.63, 3.8) is 0 Å². The lowest BCUT2D eigenvalue weighted by Crippen LogP contribution is -2.41. The third kappa shape index (κ3) is 7.00. The van der Waals surface area contributed by atoms with Crippen molar-refractivity contribution in [3.05, 3.63) is 57.6 Å². The number of phenols is 1. The lowest BCUT2D eigenvalue weighted by molar-refractivity contribution is -0.128. The summed E-state index contributed by atoms with van der Waals surface area (Å²) < 4.78 is 6.05. The Labute approximate surface area is 241 Å². The molecular formula is C34H50N2O4. The van der Waals surface area contributed by atoms with Crippen molar-refractivity contribution in [1.29, 1.82) is 0 Å². The van der Waals surface area contributed by atoms with Gasteiger partial charge >= 0.3 is 0 Å². The van der Waals surface area contributed by atoms with Crippen LogP contribution in [0.15, 0.2) is 24.3 Å². The molecule has 0 bridgehead atoms. The first-order valence-corrected chi connectivity index (χ1v) is 14.6. The van der Waals surface area contributed by atoms with E-state index in [2.05, 4.69) is 99.1 Å². The van der Waals surface area contributed by atoms with Crippen LogP contribution < -0.4 is 15.6 Å². The van der Waals surface area contributed by atoms with Crippen LogP contribution in [0, 0.1) is 0 Å². The van der Waals surface area contributed by atoms with E-state index in [1.165, 1.54) is 5.56 Å². The predicted octanol–water partition coefficient (Wildman–Crippen LogP) is 7.02. The highest BCUT2D eigenvalue weighted by Crippen LogP contribution is 2.50. The van der Waals surface area contributed by atoms with Gasteiger partial charge in [0.15, 0.2) is 0 Å². The molecule has 3 rings (SSSR count). The molecule has 0 unspecified atom stereocenters. The fourth-order valence-corrected chi connectivity index (χ4v) is 5.11. The molecular weight excluding hydrogens is 500 g/mol. The molecule has 0 saturated heterocycles. The van der Waals surface area contributed by atoms with Crippen molar-refractivity contribution < 1.29 is 19.4 Å². The van der Waals surface area contributed by atoms with E-state index in [1.54, 1.807) is 0 Å². The minimum atomic E-state index is -0.320. The number of nitrogens with one attached hydrogen (secondary N) is 2. The molecule has 6 heteroatoms. The van der Waals surface area contributed by atoms with Crippen LogP contribution in [-0.2, 0) is 44.3 Å². The van der Waals surface area contributed by atoms with E-state index in [9.17, 15) is 14.7 Å². The third-order valence-corrected chi connectivity index (χ3v) is 8.18. The third-order valence-electron chi connectivity index (χ3n) is 8.18. The lowest BCUT2D eigenvalue weighted by atomic mass is 9.76. The second-order valence-electron chi connectivity index (χ2n) is 14.5. The minimum Gasteiger partial charge on any atom is -0.507 e. The molecule has 2 amide bonds. The average molecular weight is 551 g/mol. The number of hydrazine groups is 1. The number of carbonyl (C=O) groups is 2. The van der Waals surface area contributed by atoms with Gasteiger partial charge in [0.25, 0.3) is 0 Å². The first-order chi connectivity index (χ1) is 18.3. The molecule has 1 aliphatic heterocycles. The van der Waals surface area contributed by atoms with E-state index in [0.29, 0.717) is 18.6 Å². The van der Waals surface area contributed by atoms with Gasteiger partial charge in [0, 0.05) is 29.5 Å². The summed E-state index contributed by atoms with van der Waals surface area (Å²) in [5.41, 5.74) is 10.6. The van der Waals surface area contributed by atoms with Gasteiger partial charge < -0.3 is 9.84 Å². The molecule has 2 aromatic carbocycles. The van der Waals surface area contributed by atoms with Gasteiger partial charge in [0.1, 0.15) is 17.1 Å². The number of amides is 2. The Morgan fingerprint density at radius 1 is 0.775 bits per heavy atom. The van der Waals surface area contributed by atoms with Crippen LogP contribution in [0.25, 0.3) is 0 Å². The van der Waals surface area contributed by atoms with Gasteiger partial charge in [-0.05, 0) is 72.1 Å². The number of fused-ring (bicyclic) bond motifs is 1. The van der Waals surface area contributed by atoms with Crippen molar-refractivity contribution in [3.8, 4) is 11.5 Å². The number of ether oxygens (including phenoxy) is 1. The van der Waals surface area contributed by atoms with Crippen LogP contribution >= 0.6 is 0 Å². The monoisotopic (exact) mass is 550 g/mol. The van der Waals surface area contributed by atoms with E-state index >= 15 is 0 Å². The van der Waals surface area contributed by atoms with Crippen LogP contribution in [0.3, 0.4) is 0 Å². The van der Waals surface area contributed by atoms with Crippen molar-refractivity contribution >= 4 is 11.8 Å². The largest absolute Gasteiger partial charge is 0.507 e. The predicted molar refractivity (Wildman–Crippen MR) is 162 cm³/mol. The van der Waals surface area contributed by atoms with E-state index in [4.69, 9.17) is 4.74 Å². The number of aromatic hydroxyl groups is 1. The molecule has 0 aliphatic carbocycles. The minimum absolute atomic E-state index is 0.0645. The standard InChI is InChI=1S/C34H50N2O4/c1-12-33(8,9)24-18-21(17-23(29(24)39)31(2,3)4)13-15-27(37)35-36-28(38)16-14-22-19-25(32(5,6)7)30-26(20-22)34(10,11)40-30/h17-20,39H,12-16H2,1-11H3,(H,35,37)(H,36,38). The molecule has 0 fully saturated rings. The maximum absolute atomic E-state index is 12.6. The van der Waals surface area contributed by atoms with Gasteiger partial charge in [-0.25, -0.2) is 0 Å². The number of benzene rings is 2. The summed E-state index contributed by atoms with van der Waals surface area (Å²) in [7, 11) is 0.